The van der Waals surface area contributed by atoms with Crippen LogP contribution < -0.4 is 4.74 Å². The SMILES string of the molecule is O=C(c1ccccc1OC(F)(F)F)C1CCN(C(=O)O)CC1. The number of ketones is 1. The number of carbonyl (C=O) groups is 2. The molecule has 1 fully saturated rings. The number of carboxylic acid groups (broad SMARTS) is 1. The van der Waals surface area contributed by atoms with Crippen molar-refractivity contribution in [3.63, 3.8) is 0 Å². The average Bonchev–Trinajstić information content (AvgIpc) is 2.45. The topological polar surface area (TPSA) is 66.8 Å². The van der Waals surface area contributed by atoms with E-state index in [1.54, 1.807) is 0 Å². The summed E-state index contributed by atoms with van der Waals surface area (Å²) >= 11 is 0. The number of Topliss-reactive ketones (excluding diaryl/α,β-unsaturated/α-hetero) is 1. The average molecular weight is 317 g/mol. The zero-order valence-corrected chi connectivity index (χ0v) is 11.5. The van der Waals surface area contributed by atoms with E-state index in [2.05, 4.69) is 4.74 Å². The Kier molecular flexibility index (Phi) is 4.58. The van der Waals surface area contributed by atoms with Gasteiger partial charge in [-0.3, -0.25) is 4.79 Å². The van der Waals surface area contributed by atoms with Crippen LogP contribution in [0.4, 0.5) is 18.0 Å². The summed E-state index contributed by atoms with van der Waals surface area (Å²) in [5, 5.41) is 8.85. The third-order valence-corrected chi connectivity index (χ3v) is 3.51. The van der Waals surface area contributed by atoms with E-state index in [4.69, 9.17) is 5.11 Å². The van der Waals surface area contributed by atoms with E-state index in [0.717, 1.165) is 6.07 Å². The Morgan fingerprint density at radius 2 is 1.77 bits per heavy atom. The molecule has 0 aromatic heterocycles. The van der Waals surface area contributed by atoms with Crippen molar-refractivity contribution in [3.8, 4) is 5.75 Å². The second-order valence-electron chi connectivity index (χ2n) is 4.95. The highest BCUT2D eigenvalue weighted by molar-refractivity contribution is 6.00. The number of para-hydroxylation sites is 1. The number of hydrogen-bond donors (Lipinski definition) is 1. The highest BCUT2D eigenvalue weighted by Gasteiger charge is 2.34. The first-order chi connectivity index (χ1) is 10.3. The van der Waals surface area contributed by atoms with Gasteiger partial charge in [0.2, 0.25) is 0 Å². The number of hydrogen-bond acceptors (Lipinski definition) is 3. The minimum absolute atomic E-state index is 0.131. The van der Waals surface area contributed by atoms with Gasteiger partial charge in [0.15, 0.2) is 5.78 Å². The van der Waals surface area contributed by atoms with E-state index in [1.165, 1.54) is 23.1 Å². The fourth-order valence-electron chi connectivity index (χ4n) is 2.44. The van der Waals surface area contributed by atoms with E-state index >= 15 is 0 Å². The van der Waals surface area contributed by atoms with E-state index in [1.807, 2.05) is 0 Å². The predicted molar refractivity (Wildman–Crippen MR) is 69.8 cm³/mol. The lowest BCUT2D eigenvalue weighted by molar-refractivity contribution is -0.274. The lowest BCUT2D eigenvalue weighted by atomic mass is 9.88. The van der Waals surface area contributed by atoms with E-state index in [9.17, 15) is 22.8 Å². The zero-order chi connectivity index (χ0) is 16.3. The Morgan fingerprint density at radius 1 is 1.18 bits per heavy atom. The van der Waals surface area contributed by atoms with Gasteiger partial charge in [-0.2, -0.15) is 0 Å². The van der Waals surface area contributed by atoms with Crippen molar-refractivity contribution >= 4 is 11.9 Å². The zero-order valence-electron chi connectivity index (χ0n) is 11.5. The molecule has 0 radical (unpaired) electrons. The van der Waals surface area contributed by atoms with E-state index in [-0.39, 0.29) is 31.5 Å². The fraction of sp³-hybridized carbons (Fsp3) is 0.429. The van der Waals surface area contributed by atoms with Crippen LogP contribution in [0.2, 0.25) is 0 Å². The molecule has 1 saturated heterocycles. The van der Waals surface area contributed by atoms with Crippen LogP contribution in [0.1, 0.15) is 23.2 Å². The first-order valence-corrected chi connectivity index (χ1v) is 6.65. The first-order valence-electron chi connectivity index (χ1n) is 6.65. The quantitative estimate of drug-likeness (QED) is 0.870. The highest BCUT2D eigenvalue weighted by atomic mass is 19.4. The maximum absolute atomic E-state index is 12.4. The number of piperidine rings is 1. The third-order valence-electron chi connectivity index (χ3n) is 3.51. The largest absolute Gasteiger partial charge is 0.573 e. The monoisotopic (exact) mass is 317 g/mol. The van der Waals surface area contributed by atoms with Crippen LogP contribution in [-0.2, 0) is 0 Å². The van der Waals surface area contributed by atoms with Gasteiger partial charge >= 0.3 is 12.5 Å². The van der Waals surface area contributed by atoms with Crippen molar-refractivity contribution in [1.82, 2.24) is 4.90 Å². The van der Waals surface area contributed by atoms with Gasteiger partial charge in [-0.1, -0.05) is 12.1 Å². The van der Waals surface area contributed by atoms with Crippen molar-refractivity contribution in [2.24, 2.45) is 5.92 Å². The van der Waals surface area contributed by atoms with Gasteiger partial charge in [-0.25, -0.2) is 4.79 Å². The first kappa shape index (κ1) is 16.1. The van der Waals surface area contributed by atoms with Gasteiger partial charge < -0.3 is 14.7 Å². The second kappa shape index (κ2) is 6.25. The van der Waals surface area contributed by atoms with Gasteiger partial charge in [-0.15, -0.1) is 13.2 Å². The van der Waals surface area contributed by atoms with Gasteiger partial charge in [-0.05, 0) is 25.0 Å². The molecule has 1 amide bonds. The van der Waals surface area contributed by atoms with Crippen LogP contribution in [0.25, 0.3) is 0 Å². The Bertz CT molecular complexity index is 565. The normalized spacial score (nSPS) is 16.4. The molecule has 0 unspecified atom stereocenters. The molecule has 1 aliphatic rings. The van der Waals surface area contributed by atoms with E-state index in [0.29, 0.717) is 0 Å². The van der Waals surface area contributed by atoms with Crippen molar-refractivity contribution in [1.29, 1.82) is 0 Å². The summed E-state index contributed by atoms with van der Waals surface area (Å²) in [6, 6.07) is 5.19. The molecule has 0 bridgehead atoms. The molecule has 1 aromatic rings. The molecule has 2 rings (SSSR count). The maximum atomic E-state index is 12.4. The molecular formula is C14H14F3NO4. The summed E-state index contributed by atoms with van der Waals surface area (Å²) in [6.07, 6.45) is -5.37. The number of rotatable bonds is 3. The Labute approximate surface area is 124 Å². The van der Waals surface area contributed by atoms with Crippen LogP contribution in [0, 0.1) is 5.92 Å². The molecule has 1 N–H and O–H groups in total. The van der Waals surface area contributed by atoms with Crippen LogP contribution in [0.3, 0.4) is 0 Å². The van der Waals surface area contributed by atoms with Gasteiger partial charge in [0.05, 0.1) is 5.56 Å². The minimum atomic E-state index is -4.87. The van der Waals surface area contributed by atoms with Crippen LogP contribution in [0.5, 0.6) is 5.75 Å². The Morgan fingerprint density at radius 3 is 2.32 bits per heavy atom. The van der Waals surface area contributed by atoms with Crippen molar-refractivity contribution in [3.05, 3.63) is 29.8 Å². The Balaban J connectivity index is 2.12. The predicted octanol–water partition coefficient (Wildman–Crippen LogP) is 3.16. The smallest absolute Gasteiger partial charge is 0.465 e. The van der Waals surface area contributed by atoms with E-state index < -0.39 is 29.9 Å². The molecule has 0 spiro atoms. The van der Waals surface area contributed by atoms with Gasteiger partial charge in [0.1, 0.15) is 5.75 Å². The molecule has 0 aliphatic carbocycles. The van der Waals surface area contributed by atoms with Crippen LogP contribution in [-0.4, -0.2) is 41.3 Å². The summed E-state index contributed by atoms with van der Waals surface area (Å²) in [6.45, 7) is 0.377. The molecule has 8 heteroatoms. The Hall–Kier alpha value is -2.25. The number of likely N-dealkylation sites (tertiary alicyclic amines) is 1. The molecule has 0 atom stereocenters. The number of benzene rings is 1. The molecule has 22 heavy (non-hydrogen) atoms. The number of carbonyl (C=O) groups excluding carboxylic acids is 1. The van der Waals surface area contributed by atoms with Crippen LogP contribution in [0.15, 0.2) is 24.3 Å². The minimum Gasteiger partial charge on any atom is -0.465 e. The molecule has 1 aromatic carbocycles. The lowest BCUT2D eigenvalue weighted by Gasteiger charge is -2.29. The summed E-state index contributed by atoms with van der Waals surface area (Å²) in [5.74, 6) is -1.49. The van der Waals surface area contributed by atoms with Gasteiger partial charge in [0.25, 0.3) is 0 Å². The summed E-state index contributed by atoms with van der Waals surface area (Å²) in [4.78, 5) is 24.4. The highest BCUT2D eigenvalue weighted by Crippen LogP contribution is 2.30. The van der Waals surface area contributed by atoms with Crippen molar-refractivity contribution in [2.75, 3.05) is 13.1 Å². The molecule has 0 saturated carbocycles. The van der Waals surface area contributed by atoms with Crippen LogP contribution >= 0.6 is 0 Å². The lowest BCUT2D eigenvalue weighted by Crippen LogP contribution is -2.39. The molecule has 1 aliphatic heterocycles. The molecule has 5 nitrogen and oxygen atoms in total. The number of alkyl halides is 3. The third kappa shape index (κ3) is 3.90. The maximum Gasteiger partial charge on any atom is 0.573 e. The number of ether oxygens (including phenoxy) is 1. The summed E-state index contributed by atoms with van der Waals surface area (Å²) in [7, 11) is 0. The molecule has 120 valence electrons. The number of halogens is 3. The summed E-state index contributed by atoms with van der Waals surface area (Å²) in [5.41, 5.74) is -0.131. The van der Waals surface area contributed by atoms with Crippen molar-refractivity contribution < 1.29 is 32.6 Å². The number of amides is 1. The van der Waals surface area contributed by atoms with Gasteiger partial charge in [0, 0.05) is 19.0 Å². The molecule has 1 heterocycles. The standard InChI is InChI=1S/C14H14F3NO4/c15-14(16,17)22-11-4-2-1-3-10(11)12(19)9-5-7-18(8-6-9)13(20)21/h1-4,9H,5-8H2,(H,20,21). The number of nitrogens with zero attached hydrogens (tertiary/aromatic N) is 1. The fourth-order valence-corrected chi connectivity index (χ4v) is 2.44. The summed E-state index contributed by atoms with van der Waals surface area (Å²) < 4.78 is 41.0. The van der Waals surface area contributed by atoms with Crippen molar-refractivity contribution in [2.45, 2.75) is 19.2 Å². The second-order valence-corrected chi connectivity index (χ2v) is 4.95. The molecular weight excluding hydrogens is 303 g/mol.